The van der Waals surface area contributed by atoms with Crippen LogP contribution in [0.5, 0.6) is 0 Å². The number of hydroxylamine groups is 2. The minimum absolute atomic E-state index is 0.00743. The molecular weight excluding hydrogens is 440 g/mol. The van der Waals surface area contributed by atoms with Crippen molar-refractivity contribution in [3.8, 4) is 0 Å². The summed E-state index contributed by atoms with van der Waals surface area (Å²) in [5.41, 5.74) is 1.31. The zero-order valence-corrected chi connectivity index (χ0v) is 22.0. The number of rotatable bonds is 9. The highest BCUT2D eigenvalue weighted by Crippen LogP contribution is 2.33. The molecule has 0 radical (unpaired) electrons. The van der Waals surface area contributed by atoms with Gasteiger partial charge < -0.3 is 15.1 Å². The zero-order chi connectivity index (χ0) is 24.9. The Labute approximate surface area is 211 Å². The molecular formula is C28H44N4O3. The number of nitrogens with one attached hydrogen (secondary N) is 1. The summed E-state index contributed by atoms with van der Waals surface area (Å²) in [4.78, 5) is 38.0. The Morgan fingerprint density at radius 2 is 1.66 bits per heavy atom. The highest BCUT2D eigenvalue weighted by molar-refractivity contribution is 5.91. The van der Waals surface area contributed by atoms with Crippen molar-refractivity contribution in [2.75, 3.05) is 26.2 Å². The van der Waals surface area contributed by atoms with Gasteiger partial charge in [0.05, 0.1) is 6.54 Å². The number of fused-ring (bicyclic) bond motifs is 1. The summed E-state index contributed by atoms with van der Waals surface area (Å²) in [6, 6.07) is 10.3. The van der Waals surface area contributed by atoms with Gasteiger partial charge in [-0.05, 0) is 69.0 Å². The highest BCUT2D eigenvalue weighted by atomic mass is 16.7. The molecule has 2 amide bonds. The molecule has 3 aliphatic rings. The maximum Gasteiger partial charge on any atom is 0.255 e. The van der Waals surface area contributed by atoms with Crippen LogP contribution in [0.2, 0.25) is 0 Å². The first-order valence-corrected chi connectivity index (χ1v) is 13.7. The van der Waals surface area contributed by atoms with E-state index in [0.717, 1.165) is 45.3 Å². The van der Waals surface area contributed by atoms with Gasteiger partial charge in [-0.15, -0.1) is 0 Å². The summed E-state index contributed by atoms with van der Waals surface area (Å²) in [5, 5.41) is 5.46. The van der Waals surface area contributed by atoms with Crippen molar-refractivity contribution in [1.82, 2.24) is 20.2 Å². The van der Waals surface area contributed by atoms with Crippen LogP contribution >= 0.6 is 0 Å². The number of piperazine rings is 1. The molecule has 1 unspecified atom stereocenters. The summed E-state index contributed by atoms with van der Waals surface area (Å²) >= 11 is 0. The molecule has 7 nitrogen and oxygen atoms in total. The molecule has 1 aromatic rings. The van der Waals surface area contributed by atoms with Crippen LogP contribution in [0.3, 0.4) is 0 Å². The fraction of sp³-hybridized carbons (Fsp3) is 0.714. The molecule has 0 aliphatic carbocycles. The lowest BCUT2D eigenvalue weighted by Crippen LogP contribution is -2.74. The van der Waals surface area contributed by atoms with Gasteiger partial charge in [-0.2, -0.15) is 5.06 Å². The number of hydrogen-bond acceptors (Lipinski definition) is 5. The van der Waals surface area contributed by atoms with Crippen LogP contribution in [0.4, 0.5) is 0 Å². The average molecular weight is 485 g/mol. The Morgan fingerprint density at radius 1 is 0.971 bits per heavy atom. The smallest absolute Gasteiger partial charge is 0.255 e. The predicted octanol–water partition coefficient (Wildman–Crippen LogP) is 3.44. The molecule has 3 aliphatic heterocycles. The van der Waals surface area contributed by atoms with Gasteiger partial charge in [0.15, 0.2) is 6.10 Å². The lowest BCUT2D eigenvalue weighted by atomic mass is 9.93. The molecule has 0 saturated carbocycles. The van der Waals surface area contributed by atoms with E-state index in [1.165, 1.54) is 5.56 Å². The van der Waals surface area contributed by atoms with Gasteiger partial charge in [0.25, 0.3) is 5.91 Å². The van der Waals surface area contributed by atoms with Gasteiger partial charge in [0, 0.05) is 12.6 Å². The number of carbonyl (C=O) groups is 2. The van der Waals surface area contributed by atoms with Gasteiger partial charge in [-0.1, -0.05) is 58.0 Å². The summed E-state index contributed by atoms with van der Waals surface area (Å²) in [7, 11) is 0. The molecule has 35 heavy (non-hydrogen) atoms. The van der Waals surface area contributed by atoms with Crippen LogP contribution in [-0.2, 0) is 20.8 Å². The third-order valence-corrected chi connectivity index (χ3v) is 7.53. The summed E-state index contributed by atoms with van der Waals surface area (Å²) in [6.07, 6.45) is 4.44. The molecule has 3 atom stereocenters. The minimum Gasteiger partial charge on any atom is -0.334 e. The Hall–Kier alpha value is -1.96. The van der Waals surface area contributed by atoms with E-state index in [1.54, 1.807) is 0 Å². The first kappa shape index (κ1) is 26.1. The van der Waals surface area contributed by atoms with Gasteiger partial charge in [0.1, 0.15) is 12.2 Å². The van der Waals surface area contributed by atoms with E-state index >= 15 is 0 Å². The first-order valence-electron chi connectivity index (χ1n) is 13.7. The van der Waals surface area contributed by atoms with E-state index in [1.807, 2.05) is 16.0 Å². The van der Waals surface area contributed by atoms with E-state index in [0.29, 0.717) is 31.2 Å². The molecule has 3 saturated heterocycles. The van der Waals surface area contributed by atoms with Crippen LogP contribution < -0.4 is 5.32 Å². The maximum atomic E-state index is 13.8. The Balaban J connectivity index is 1.59. The molecule has 0 spiro atoms. The molecule has 3 fully saturated rings. The molecule has 194 valence electrons. The predicted molar refractivity (Wildman–Crippen MR) is 137 cm³/mol. The van der Waals surface area contributed by atoms with Gasteiger partial charge >= 0.3 is 0 Å². The molecule has 0 aromatic heterocycles. The van der Waals surface area contributed by atoms with Crippen molar-refractivity contribution >= 4 is 11.8 Å². The average Bonchev–Trinajstić information content (AvgIpc) is 2.83. The van der Waals surface area contributed by atoms with Gasteiger partial charge in [0.2, 0.25) is 5.91 Å². The zero-order valence-electron chi connectivity index (χ0n) is 22.0. The Bertz CT molecular complexity index is 840. The van der Waals surface area contributed by atoms with Crippen molar-refractivity contribution in [1.29, 1.82) is 0 Å². The third kappa shape index (κ3) is 6.25. The van der Waals surface area contributed by atoms with E-state index in [-0.39, 0.29) is 24.0 Å². The van der Waals surface area contributed by atoms with Crippen LogP contribution in [0.1, 0.15) is 65.4 Å². The van der Waals surface area contributed by atoms with Crippen molar-refractivity contribution in [3.63, 3.8) is 0 Å². The second-order valence-electron chi connectivity index (χ2n) is 11.3. The van der Waals surface area contributed by atoms with Gasteiger partial charge in [-0.3, -0.25) is 14.4 Å². The monoisotopic (exact) mass is 484 g/mol. The third-order valence-electron chi connectivity index (χ3n) is 7.53. The van der Waals surface area contributed by atoms with Crippen molar-refractivity contribution in [2.24, 2.45) is 11.8 Å². The topological polar surface area (TPSA) is 65.1 Å². The molecule has 4 rings (SSSR count). The molecule has 1 N–H and O–H groups in total. The number of amides is 2. The van der Waals surface area contributed by atoms with E-state index in [9.17, 15) is 9.59 Å². The number of carbonyl (C=O) groups excluding carboxylic acids is 2. The number of hydrogen-bond donors (Lipinski definition) is 1. The van der Waals surface area contributed by atoms with Crippen LogP contribution in [0, 0.1) is 11.8 Å². The summed E-state index contributed by atoms with van der Waals surface area (Å²) < 4.78 is 0. The lowest BCUT2D eigenvalue weighted by Gasteiger charge is -2.55. The van der Waals surface area contributed by atoms with E-state index in [2.05, 4.69) is 62.2 Å². The summed E-state index contributed by atoms with van der Waals surface area (Å²) in [6.45, 7) is 11.7. The molecule has 0 bridgehead atoms. The minimum atomic E-state index is -0.518. The SMILES string of the molecule is CC(C)C[C@H]1ON(CCCc2ccccc2)C2CN(C3CCNCC3)C(=O)[C@H](CC(C)C)N2C1=O. The lowest BCUT2D eigenvalue weighted by molar-refractivity contribution is -0.290. The highest BCUT2D eigenvalue weighted by Gasteiger charge is 2.52. The van der Waals surface area contributed by atoms with Crippen LogP contribution in [-0.4, -0.2) is 77.2 Å². The Morgan fingerprint density at radius 3 is 2.31 bits per heavy atom. The quantitative estimate of drug-likeness (QED) is 0.582. The van der Waals surface area contributed by atoms with Crippen LogP contribution in [0.15, 0.2) is 30.3 Å². The van der Waals surface area contributed by atoms with E-state index < -0.39 is 12.1 Å². The van der Waals surface area contributed by atoms with Crippen molar-refractivity contribution in [2.45, 2.75) is 90.6 Å². The molecule has 1 aromatic carbocycles. The van der Waals surface area contributed by atoms with Crippen LogP contribution in [0.25, 0.3) is 0 Å². The van der Waals surface area contributed by atoms with E-state index in [4.69, 9.17) is 4.84 Å². The largest absolute Gasteiger partial charge is 0.334 e. The second-order valence-corrected chi connectivity index (χ2v) is 11.3. The summed E-state index contributed by atoms with van der Waals surface area (Å²) in [5.74, 6) is 0.779. The molecule has 3 heterocycles. The number of piperidine rings is 1. The standard InChI is InChI=1S/C28H44N4O3/c1-20(2)17-24-27(33)30(23-12-14-29-15-13-23)19-26-31(16-8-11-22-9-6-5-7-10-22)35-25(18-21(3)4)28(34)32(24)26/h5-7,9-10,20-21,23-26,29H,8,11-19H2,1-4H3/t24-,25+,26?/m0/s1. The fourth-order valence-electron chi connectivity index (χ4n) is 5.81. The number of benzene rings is 1. The first-order chi connectivity index (χ1) is 16.8. The number of aryl methyl sites for hydroxylation is 1. The normalized spacial score (nSPS) is 26.6. The van der Waals surface area contributed by atoms with Crippen molar-refractivity contribution in [3.05, 3.63) is 35.9 Å². The Kier molecular flexibility index (Phi) is 8.84. The fourth-order valence-corrected chi connectivity index (χ4v) is 5.81. The molecule has 7 heteroatoms. The number of nitrogens with zero attached hydrogens (tertiary/aromatic N) is 3. The van der Waals surface area contributed by atoms with Gasteiger partial charge in [-0.25, -0.2) is 0 Å². The van der Waals surface area contributed by atoms with Crippen molar-refractivity contribution < 1.29 is 14.4 Å². The second kappa shape index (κ2) is 11.8. The maximum absolute atomic E-state index is 13.8.